The van der Waals surface area contributed by atoms with Crippen molar-refractivity contribution in [2.24, 2.45) is 11.8 Å². The van der Waals surface area contributed by atoms with Crippen LogP contribution >= 0.6 is 34.8 Å². The SMILES string of the molecule is CC(C)C(O)C(=O)NC1Cc2ccc3c(c2)C24c5cc(Cl)cc(c5NC2O3)-c2cccc3c2C(=C(Cl)C3)c2oc(nc2Cl)-c2nc(oc24)C(C(C)C)NC1=O. The second-order valence-electron chi connectivity index (χ2n) is 15.5. The number of allylic oxidation sites excluding steroid dienone is 1. The van der Waals surface area contributed by atoms with E-state index in [1.807, 2.05) is 62.4 Å². The zero-order valence-electron chi connectivity index (χ0n) is 30.0. The Bertz CT molecular complexity index is 2560. The molecule has 6 heterocycles. The maximum Gasteiger partial charge on any atom is 0.250 e. The molecule has 5 atom stereocenters. The predicted molar refractivity (Wildman–Crippen MR) is 206 cm³/mol. The number of oxazole rings is 2. The normalized spacial score (nSPS) is 23.0. The Morgan fingerprint density at radius 1 is 1.00 bits per heavy atom. The molecule has 2 aromatic heterocycles. The monoisotopic (exact) mass is 797 g/mol. The maximum absolute atomic E-state index is 14.2. The predicted octanol–water partition coefficient (Wildman–Crippen LogP) is 7.52. The molecule has 10 rings (SSSR count). The number of aromatic nitrogens is 2. The highest BCUT2D eigenvalue weighted by Crippen LogP contribution is 2.62. The number of aliphatic hydroxyl groups excluding tert-OH is 1. The molecule has 5 aliphatic rings. The van der Waals surface area contributed by atoms with Crippen molar-refractivity contribution in [1.82, 2.24) is 20.6 Å². The van der Waals surface area contributed by atoms with E-state index in [1.54, 1.807) is 13.8 Å². The Labute approximate surface area is 330 Å². The number of hydrogen-bond acceptors (Lipinski definition) is 9. The van der Waals surface area contributed by atoms with E-state index in [4.69, 9.17) is 58.3 Å². The van der Waals surface area contributed by atoms with Gasteiger partial charge in [0.25, 0.3) is 5.89 Å². The van der Waals surface area contributed by atoms with Crippen molar-refractivity contribution in [1.29, 1.82) is 0 Å². The van der Waals surface area contributed by atoms with Gasteiger partial charge in [-0.15, -0.1) is 0 Å². The minimum atomic E-state index is -1.31. The number of hydrogen-bond donors (Lipinski definition) is 4. The number of rotatable bonds is 4. The van der Waals surface area contributed by atoms with Gasteiger partial charge in [0.05, 0.1) is 0 Å². The molecule has 0 saturated heterocycles. The Balaban J connectivity index is 1.30. The summed E-state index contributed by atoms with van der Waals surface area (Å²) in [4.78, 5) is 37.3. The summed E-state index contributed by atoms with van der Waals surface area (Å²) in [5, 5.41) is 21.4. The molecule has 5 unspecified atom stereocenters. The third-order valence-corrected chi connectivity index (χ3v) is 12.2. The van der Waals surface area contributed by atoms with E-state index >= 15 is 0 Å². The lowest BCUT2D eigenvalue weighted by Crippen LogP contribution is -2.52. The summed E-state index contributed by atoms with van der Waals surface area (Å²) in [6.45, 7) is 7.34. The van der Waals surface area contributed by atoms with Crippen LogP contribution in [0.15, 0.2) is 62.4 Å². The van der Waals surface area contributed by atoms with Gasteiger partial charge in [-0.1, -0.05) is 92.8 Å². The fourth-order valence-corrected chi connectivity index (χ4v) is 9.53. The van der Waals surface area contributed by atoms with Crippen LogP contribution in [0.25, 0.3) is 28.3 Å². The molecular weight excluding hydrogens is 765 g/mol. The summed E-state index contributed by atoms with van der Waals surface area (Å²) in [6, 6.07) is 13.7. The highest BCUT2D eigenvalue weighted by Gasteiger charge is 2.62. The summed E-state index contributed by atoms with van der Waals surface area (Å²) < 4.78 is 20.4. The summed E-state index contributed by atoms with van der Waals surface area (Å²) in [6.07, 6.45) is -1.47. The van der Waals surface area contributed by atoms with Crippen molar-refractivity contribution in [3.63, 3.8) is 0 Å². The molecule has 1 spiro atoms. The molecule has 0 saturated carbocycles. The lowest BCUT2D eigenvalue weighted by atomic mass is 9.72. The number of nitrogens with one attached hydrogen (secondary N) is 3. The molecule has 10 bridgehead atoms. The fourth-order valence-electron chi connectivity index (χ4n) is 8.78. The van der Waals surface area contributed by atoms with E-state index < -0.39 is 41.6 Å². The van der Waals surface area contributed by atoms with Gasteiger partial charge < -0.3 is 34.6 Å². The van der Waals surface area contributed by atoms with E-state index in [2.05, 4.69) is 16.0 Å². The lowest BCUT2D eigenvalue weighted by molar-refractivity contribution is -0.135. The van der Waals surface area contributed by atoms with Crippen LogP contribution in [-0.4, -0.2) is 45.3 Å². The molecule has 3 aromatic carbocycles. The number of halogens is 3. The van der Waals surface area contributed by atoms with Crippen molar-refractivity contribution in [3.05, 3.63) is 109 Å². The van der Waals surface area contributed by atoms with Gasteiger partial charge in [-0.3, -0.25) is 9.59 Å². The topological polar surface area (TPSA) is 152 Å². The fraction of sp³-hybridized carbons (Fsp3) is 0.317. The molecule has 5 aromatic rings. The standard InChI is InChI=1S/C41H34Cl3N5O6/c1-15(2)29-38-47-31-34(55-38)41-22-10-17(11-25(36(51)46-29)45-37(52)32(50)16(3)4)8-9-26(22)53-40(41)48-30-21(13-19(42)14-23(30)41)20-7-5-6-18-12-24(43)28(27(18)20)33-35(44)49-39(31)54-33/h5-10,13-16,25,29,32,40,48,50H,11-12H2,1-4H3,(H,45,52)(H,46,51). The number of amides is 2. The molecule has 55 heavy (non-hydrogen) atoms. The van der Waals surface area contributed by atoms with Crippen LogP contribution in [0.2, 0.25) is 10.2 Å². The van der Waals surface area contributed by atoms with Crippen molar-refractivity contribution >= 4 is 57.9 Å². The van der Waals surface area contributed by atoms with E-state index in [0.717, 1.165) is 44.6 Å². The Hall–Kier alpha value is -4.81. The van der Waals surface area contributed by atoms with E-state index in [-0.39, 0.29) is 40.9 Å². The first-order valence-corrected chi connectivity index (χ1v) is 19.4. The summed E-state index contributed by atoms with van der Waals surface area (Å²) in [7, 11) is 0. The minimum Gasteiger partial charge on any atom is -0.469 e. The average Bonchev–Trinajstić information content (AvgIpc) is 3.94. The van der Waals surface area contributed by atoms with Crippen molar-refractivity contribution < 1.29 is 28.3 Å². The summed E-state index contributed by atoms with van der Waals surface area (Å²) in [5.41, 5.74) is 6.24. The summed E-state index contributed by atoms with van der Waals surface area (Å²) >= 11 is 21.1. The van der Waals surface area contributed by atoms with E-state index in [9.17, 15) is 14.7 Å². The van der Waals surface area contributed by atoms with Gasteiger partial charge in [-0.2, -0.15) is 4.98 Å². The van der Waals surface area contributed by atoms with Crippen molar-refractivity contribution in [2.75, 3.05) is 5.32 Å². The quantitative estimate of drug-likeness (QED) is 0.145. The number of benzene rings is 3. The van der Waals surface area contributed by atoms with Gasteiger partial charge in [-0.25, -0.2) is 4.98 Å². The Kier molecular flexibility index (Phi) is 7.62. The average molecular weight is 799 g/mol. The number of ether oxygens (including phenoxy) is 1. The second-order valence-corrected chi connectivity index (χ2v) is 16.8. The molecule has 2 amide bonds. The molecule has 0 radical (unpaired) electrons. The van der Waals surface area contributed by atoms with Crippen molar-refractivity contribution in [3.8, 4) is 28.5 Å². The molecule has 0 fully saturated rings. The van der Waals surface area contributed by atoms with Crippen LogP contribution in [0.3, 0.4) is 0 Å². The van der Waals surface area contributed by atoms with E-state index in [0.29, 0.717) is 39.3 Å². The minimum absolute atomic E-state index is 0.0958. The molecule has 14 heteroatoms. The van der Waals surface area contributed by atoms with Crippen LogP contribution in [0.5, 0.6) is 5.75 Å². The number of aliphatic hydroxyl groups is 1. The first-order valence-electron chi connectivity index (χ1n) is 18.2. The van der Waals surface area contributed by atoms with Gasteiger partial charge in [0, 0.05) is 50.8 Å². The van der Waals surface area contributed by atoms with Gasteiger partial charge in [0.2, 0.25) is 17.7 Å². The van der Waals surface area contributed by atoms with E-state index in [1.165, 1.54) is 0 Å². The van der Waals surface area contributed by atoms with Gasteiger partial charge in [0.1, 0.15) is 29.4 Å². The van der Waals surface area contributed by atoms with Crippen LogP contribution in [0.4, 0.5) is 5.69 Å². The molecule has 4 aliphatic heterocycles. The number of carbonyl (C=O) groups is 2. The largest absolute Gasteiger partial charge is 0.469 e. The zero-order valence-corrected chi connectivity index (χ0v) is 32.3. The van der Waals surface area contributed by atoms with Crippen LogP contribution in [-0.2, 0) is 27.8 Å². The third-order valence-electron chi connectivity index (χ3n) is 11.4. The smallest absolute Gasteiger partial charge is 0.250 e. The Morgan fingerprint density at radius 2 is 1.82 bits per heavy atom. The number of nitrogens with zero attached hydrogens (tertiary/aromatic N) is 2. The van der Waals surface area contributed by atoms with Gasteiger partial charge >= 0.3 is 0 Å². The van der Waals surface area contributed by atoms with Crippen LogP contribution in [0, 0.1) is 11.8 Å². The molecule has 280 valence electrons. The molecule has 1 aliphatic carbocycles. The van der Waals surface area contributed by atoms with Crippen molar-refractivity contribution in [2.45, 2.75) is 70.4 Å². The first-order chi connectivity index (χ1) is 26.3. The highest BCUT2D eigenvalue weighted by molar-refractivity contribution is 6.37. The second kappa shape index (κ2) is 12.1. The first kappa shape index (κ1) is 34.7. The summed E-state index contributed by atoms with van der Waals surface area (Å²) in [5.74, 6) is -0.202. The van der Waals surface area contributed by atoms with Crippen LogP contribution < -0.4 is 20.7 Å². The molecule has 11 nitrogen and oxygen atoms in total. The number of fused-ring (bicyclic) bond motifs is 7. The maximum atomic E-state index is 14.2. The Morgan fingerprint density at radius 3 is 2.60 bits per heavy atom. The zero-order chi connectivity index (χ0) is 38.2. The molecular formula is C41H34Cl3N5O6. The van der Waals surface area contributed by atoms with Gasteiger partial charge in [-0.05, 0) is 52.3 Å². The lowest BCUT2D eigenvalue weighted by Gasteiger charge is -2.29. The number of anilines is 1. The highest BCUT2D eigenvalue weighted by atomic mass is 35.5. The number of carbonyl (C=O) groups excluding carboxylic acids is 2. The molecule has 4 N–H and O–H groups in total. The third kappa shape index (κ3) is 4.86. The van der Waals surface area contributed by atoms with Crippen LogP contribution in [0.1, 0.15) is 79.0 Å². The van der Waals surface area contributed by atoms with Gasteiger partial charge in [0.15, 0.2) is 28.6 Å².